The van der Waals surface area contributed by atoms with E-state index >= 15 is 0 Å². The number of hydrogen-bond donors (Lipinski definition) is 2. The fourth-order valence-corrected chi connectivity index (χ4v) is 3.17. The molecule has 0 saturated heterocycles. The van der Waals surface area contributed by atoms with E-state index < -0.39 is 0 Å². The minimum absolute atomic E-state index is 0. The maximum atomic E-state index is 4.43. The van der Waals surface area contributed by atoms with Gasteiger partial charge in [0.2, 0.25) is 0 Å². The molecule has 4 nitrogen and oxygen atoms in total. The van der Waals surface area contributed by atoms with Crippen LogP contribution in [-0.4, -0.2) is 11.7 Å². The van der Waals surface area contributed by atoms with Crippen LogP contribution in [0.1, 0.15) is 0 Å². The Hall–Kier alpha value is -0.544. The molecule has 0 fully saturated rings. The van der Waals surface area contributed by atoms with Crippen LogP contribution in [0.15, 0.2) is 82.4 Å². The first-order valence-corrected chi connectivity index (χ1v) is 9.01. The van der Waals surface area contributed by atoms with Crippen LogP contribution in [0, 0.1) is 0 Å². The molecule has 0 spiro atoms. The zero-order chi connectivity index (χ0) is 16.6. The molecule has 0 aliphatic heterocycles. The van der Waals surface area contributed by atoms with Crippen molar-refractivity contribution in [1.82, 2.24) is 4.98 Å². The summed E-state index contributed by atoms with van der Waals surface area (Å²) in [6, 6.07) is 20.0. The number of benzene rings is 2. The molecule has 0 aliphatic rings. The number of rotatable bonds is 7. The third kappa shape index (κ3) is 6.94. The zero-order valence-electron chi connectivity index (χ0n) is 13.8. The molecule has 3 aromatic rings. The van der Waals surface area contributed by atoms with Gasteiger partial charge >= 0.3 is 51.4 Å². The van der Waals surface area contributed by atoms with Crippen molar-refractivity contribution in [2.45, 2.75) is 4.90 Å². The average Bonchev–Trinajstić information content (AvgIpc) is 2.63. The summed E-state index contributed by atoms with van der Waals surface area (Å²) in [7, 11) is 0. The van der Waals surface area contributed by atoms with E-state index in [0.29, 0.717) is 6.67 Å². The summed E-state index contributed by atoms with van der Waals surface area (Å²) in [5.74, 6) is 0. The number of halogens is 1. The Balaban J connectivity index is 0.00000225. The maximum Gasteiger partial charge on any atom is 1.00 e. The van der Waals surface area contributed by atoms with E-state index in [4.69, 9.17) is 0 Å². The van der Waals surface area contributed by atoms with Crippen LogP contribution < -0.4 is 61.4 Å². The monoisotopic (exact) mass is 438 g/mol. The van der Waals surface area contributed by atoms with Crippen molar-refractivity contribution in [3.8, 4) is 0 Å². The predicted octanol–water partition coefficient (Wildman–Crippen LogP) is 3.04. The van der Waals surface area contributed by atoms with E-state index in [1.807, 2.05) is 54.6 Å². The minimum Gasteiger partial charge on any atom is -0.668 e. The Labute approximate surface area is 203 Å². The van der Waals surface area contributed by atoms with Gasteiger partial charge in [0, 0.05) is 33.1 Å². The first kappa shape index (κ1) is 20.8. The fourth-order valence-electron chi connectivity index (χ4n) is 1.97. The summed E-state index contributed by atoms with van der Waals surface area (Å²) >= 11 is 5.12. The van der Waals surface area contributed by atoms with E-state index in [1.165, 1.54) is 0 Å². The van der Waals surface area contributed by atoms with Crippen molar-refractivity contribution in [2.24, 2.45) is 0 Å². The van der Waals surface area contributed by atoms with E-state index in [9.17, 15) is 0 Å². The molecular weight excluding hydrogens is 423 g/mol. The normalized spacial score (nSPS) is 9.80. The molecule has 1 heterocycles. The first-order valence-electron chi connectivity index (χ1n) is 7.40. The smallest absolute Gasteiger partial charge is 0.668 e. The Bertz CT molecular complexity index is 772. The molecule has 2 aromatic carbocycles. The van der Waals surface area contributed by atoms with Crippen molar-refractivity contribution >= 4 is 44.9 Å². The molecule has 7 heteroatoms. The maximum absolute atomic E-state index is 4.43. The van der Waals surface area contributed by atoms with Crippen LogP contribution in [0.25, 0.3) is 5.32 Å². The van der Waals surface area contributed by atoms with Crippen LogP contribution in [-0.2, 0) is 0 Å². The quantitative estimate of drug-likeness (QED) is 0.439. The second-order valence-corrected chi connectivity index (χ2v) is 6.61. The second-order valence-electron chi connectivity index (χ2n) is 4.91. The van der Waals surface area contributed by atoms with Gasteiger partial charge in [-0.2, -0.15) is 0 Å². The first-order chi connectivity index (χ1) is 11.8. The largest absolute Gasteiger partial charge is 1.00 e. The van der Waals surface area contributed by atoms with Gasteiger partial charge in [-0.3, -0.25) is 4.98 Å². The zero-order valence-corrected chi connectivity index (χ0v) is 19.3. The SMILES string of the molecule is Brc1ccccc1SNc1ccc(NC[N-]c2ccncc2)cc1.[K+]. The van der Waals surface area contributed by atoms with Gasteiger partial charge in [0.25, 0.3) is 0 Å². The van der Waals surface area contributed by atoms with E-state index in [-0.39, 0.29) is 51.4 Å². The van der Waals surface area contributed by atoms with Crippen LogP contribution in [0.4, 0.5) is 17.1 Å². The van der Waals surface area contributed by atoms with E-state index in [2.05, 4.69) is 42.3 Å². The standard InChI is InChI=1S/C18H16BrN4S.K/c19-17-3-1-2-4-18(17)24-23-16-7-5-14(6-8-16)21-13-22-15-9-11-20-12-10-15;/h1-12,21,23H,13H2;/q-1;+1. The van der Waals surface area contributed by atoms with Crippen molar-refractivity contribution < 1.29 is 51.4 Å². The van der Waals surface area contributed by atoms with Gasteiger partial charge in [-0.25, -0.2) is 0 Å². The Morgan fingerprint density at radius 2 is 1.60 bits per heavy atom. The number of hydrogen-bond acceptors (Lipinski definition) is 4. The Kier molecular flexibility index (Phi) is 9.33. The third-order valence-corrected chi connectivity index (χ3v) is 5.08. The van der Waals surface area contributed by atoms with Gasteiger partial charge in [0.15, 0.2) is 0 Å². The molecular formula is C18H16BrKN4S. The van der Waals surface area contributed by atoms with Crippen LogP contribution in [0.3, 0.4) is 0 Å². The molecule has 0 amide bonds. The topological polar surface area (TPSA) is 51.0 Å². The molecule has 0 radical (unpaired) electrons. The minimum atomic E-state index is 0. The molecule has 2 N–H and O–H groups in total. The van der Waals surface area contributed by atoms with E-state index in [0.717, 1.165) is 26.4 Å². The number of aromatic nitrogens is 1. The Morgan fingerprint density at radius 1 is 0.920 bits per heavy atom. The molecule has 25 heavy (non-hydrogen) atoms. The molecule has 3 rings (SSSR count). The summed E-state index contributed by atoms with van der Waals surface area (Å²) in [6.07, 6.45) is 3.48. The van der Waals surface area contributed by atoms with E-state index in [1.54, 1.807) is 24.3 Å². The summed E-state index contributed by atoms with van der Waals surface area (Å²) < 4.78 is 4.42. The molecule has 0 saturated carbocycles. The molecule has 0 bridgehead atoms. The summed E-state index contributed by atoms with van der Waals surface area (Å²) in [5, 5.41) is 7.71. The number of nitrogens with one attached hydrogen (secondary N) is 2. The Morgan fingerprint density at radius 3 is 2.32 bits per heavy atom. The van der Waals surface area contributed by atoms with Gasteiger partial charge in [-0.05, 0) is 64.3 Å². The van der Waals surface area contributed by atoms with Crippen molar-refractivity contribution in [3.63, 3.8) is 0 Å². The van der Waals surface area contributed by atoms with Gasteiger partial charge in [0.05, 0.1) is 0 Å². The summed E-state index contributed by atoms with van der Waals surface area (Å²) in [4.78, 5) is 5.12. The van der Waals surface area contributed by atoms with Crippen LogP contribution in [0.5, 0.6) is 0 Å². The molecule has 1 aromatic heterocycles. The average molecular weight is 439 g/mol. The van der Waals surface area contributed by atoms with Crippen LogP contribution >= 0.6 is 27.9 Å². The molecule has 0 unspecified atom stereocenters. The van der Waals surface area contributed by atoms with Crippen molar-refractivity contribution in [2.75, 3.05) is 16.7 Å². The predicted molar refractivity (Wildman–Crippen MR) is 106 cm³/mol. The third-order valence-electron chi connectivity index (χ3n) is 3.21. The van der Waals surface area contributed by atoms with Gasteiger partial charge < -0.3 is 15.4 Å². The molecule has 0 atom stereocenters. The number of nitrogens with zero attached hydrogens (tertiary/aromatic N) is 2. The number of anilines is 2. The second kappa shape index (κ2) is 11.2. The molecule has 0 aliphatic carbocycles. The van der Waals surface area contributed by atoms with Crippen molar-refractivity contribution in [1.29, 1.82) is 0 Å². The molecule has 122 valence electrons. The van der Waals surface area contributed by atoms with Gasteiger partial charge in [-0.15, -0.1) is 5.69 Å². The summed E-state index contributed by atoms with van der Waals surface area (Å²) in [5.41, 5.74) is 3.00. The van der Waals surface area contributed by atoms with Gasteiger partial charge in [-0.1, -0.05) is 30.9 Å². The van der Waals surface area contributed by atoms with Crippen LogP contribution in [0.2, 0.25) is 0 Å². The van der Waals surface area contributed by atoms with Gasteiger partial charge in [0.1, 0.15) is 0 Å². The fraction of sp³-hybridized carbons (Fsp3) is 0.0556. The van der Waals surface area contributed by atoms with Crippen molar-refractivity contribution in [3.05, 3.63) is 82.8 Å². The number of pyridine rings is 1. The summed E-state index contributed by atoms with van der Waals surface area (Å²) in [6.45, 7) is 0.530.